The third-order valence-corrected chi connectivity index (χ3v) is 4.95. The van der Waals surface area contributed by atoms with E-state index in [9.17, 15) is 5.11 Å². The van der Waals surface area contributed by atoms with Crippen molar-refractivity contribution >= 4 is 40.7 Å². The molecule has 2 N–H and O–H groups in total. The van der Waals surface area contributed by atoms with Gasteiger partial charge >= 0.3 is 0 Å². The third kappa shape index (κ3) is 5.13. The molecule has 3 rings (SSSR count). The molecule has 0 amide bonds. The molecule has 1 aromatic carbocycles. The molecule has 1 saturated heterocycles. The number of nitrogens with one attached hydrogen (secondary N) is 1. The Balaban J connectivity index is 0.00000132. The van der Waals surface area contributed by atoms with Crippen LogP contribution in [0.4, 0.5) is 0 Å². The Morgan fingerprint density at radius 2 is 1.96 bits per heavy atom. The molecule has 0 spiro atoms. The maximum Gasteiger partial charge on any atom is 0.162 e. The molecule has 2 aliphatic rings. The molecule has 7 heteroatoms. The number of benzene rings is 1. The van der Waals surface area contributed by atoms with Gasteiger partial charge in [0.2, 0.25) is 0 Å². The van der Waals surface area contributed by atoms with Gasteiger partial charge in [-0.05, 0) is 24.5 Å². The number of piperazine rings is 1. The van der Waals surface area contributed by atoms with E-state index in [0.29, 0.717) is 11.5 Å². The normalized spacial score (nSPS) is 19.4. The molecule has 0 radical (unpaired) electrons. The lowest BCUT2D eigenvalue weighted by atomic mass is 9.97. The lowest BCUT2D eigenvalue weighted by Crippen LogP contribution is -2.45. The summed E-state index contributed by atoms with van der Waals surface area (Å²) in [5.41, 5.74) is 0.995. The van der Waals surface area contributed by atoms with Crippen molar-refractivity contribution in [3.8, 4) is 11.5 Å². The number of phenolic OH excluding ortho intramolecular Hbond substituents is 1. The summed E-state index contributed by atoms with van der Waals surface area (Å²) in [5.74, 6) is 1.66. The van der Waals surface area contributed by atoms with Crippen LogP contribution >= 0.6 is 40.7 Å². The van der Waals surface area contributed by atoms with E-state index in [2.05, 4.69) is 26.1 Å². The molecule has 2 fully saturated rings. The molecular weight excluding hydrogens is 403 g/mol. The van der Waals surface area contributed by atoms with Gasteiger partial charge in [0.05, 0.1) is 7.11 Å². The van der Waals surface area contributed by atoms with Crippen molar-refractivity contribution in [2.45, 2.75) is 25.3 Å². The second-order valence-electron chi connectivity index (χ2n) is 6.03. The maximum absolute atomic E-state index is 10.6. The number of methoxy groups -OCH3 is 1. The lowest BCUT2D eigenvalue weighted by Gasteiger charge is -2.36. The SMILES string of the molecule is COc1cc(Br)cc([C@@H](CC2CC2)N2CCNCC2)c1O.Cl.Cl. The number of nitrogens with zero attached hydrogens (tertiary/aromatic N) is 1. The Bertz CT molecular complexity index is 509. The topological polar surface area (TPSA) is 44.7 Å². The van der Waals surface area contributed by atoms with Gasteiger partial charge in [0.1, 0.15) is 0 Å². The van der Waals surface area contributed by atoms with E-state index >= 15 is 0 Å². The summed E-state index contributed by atoms with van der Waals surface area (Å²) in [4.78, 5) is 2.50. The Labute approximate surface area is 158 Å². The Kier molecular flexibility index (Phi) is 8.45. The quantitative estimate of drug-likeness (QED) is 0.750. The standard InChI is InChI=1S/C16H23BrN2O2.2ClH/c1-21-15-10-12(17)9-13(16(15)20)14(8-11-2-3-11)19-6-4-18-5-7-19;;/h9-11,14,18,20H,2-8H2,1H3;2*1H/t14-;;/m1../s1. The highest BCUT2D eigenvalue weighted by Gasteiger charge is 2.32. The van der Waals surface area contributed by atoms with Gasteiger partial charge < -0.3 is 15.2 Å². The second-order valence-corrected chi connectivity index (χ2v) is 6.94. The molecule has 132 valence electrons. The van der Waals surface area contributed by atoms with Gasteiger partial charge in [-0.25, -0.2) is 0 Å². The smallest absolute Gasteiger partial charge is 0.162 e. The predicted molar refractivity (Wildman–Crippen MR) is 101 cm³/mol. The van der Waals surface area contributed by atoms with Crippen LogP contribution in [0.5, 0.6) is 11.5 Å². The molecule has 23 heavy (non-hydrogen) atoms. The van der Waals surface area contributed by atoms with Crippen LogP contribution in [-0.4, -0.2) is 43.3 Å². The number of phenols is 1. The fraction of sp³-hybridized carbons (Fsp3) is 0.625. The van der Waals surface area contributed by atoms with Gasteiger partial charge in [-0.15, -0.1) is 24.8 Å². The Morgan fingerprint density at radius 3 is 2.52 bits per heavy atom. The van der Waals surface area contributed by atoms with Crippen LogP contribution in [-0.2, 0) is 0 Å². The van der Waals surface area contributed by atoms with Crippen LogP contribution in [0.3, 0.4) is 0 Å². The summed E-state index contributed by atoms with van der Waals surface area (Å²) in [7, 11) is 1.60. The number of hydrogen-bond donors (Lipinski definition) is 2. The molecule has 1 aliphatic carbocycles. The van der Waals surface area contributed by atoms with Crippen LogP contribution < -0.4 is 10.1 Å². The first kappa shape index (κ1) is 20.8. The third-order valence-electron chi connectivity index (χ3n) is 4.49. The van der Waals surface area contributed by atoms with Gasteiger partial charge in [-0.2, -0.15) is 0 Å². The van der Waals surface area contributed by atoms with E-state index in [1.165, 1.54) is 12.8 Å². The first-order chi connectivity index (χ1) is 10.2. The first-order valence-corrected chi connectivity index (χ1v) is 8.49. The number of rotatable bonds is 5. The first-order valence-electron chi connectivity index (χ1n) is 7.70. The molecule has 1 atom stereocenters. The van der Waals surface area contributed by atoms with Crippen molar-refractivity contribution in [2.75, 3.05) is 33.3 Å². The van der Waals surface area contributed by atoms with Crippen molar-refractivity contribution in [1.82, 2.24) is 10.2 Å². The van der Waals surface area contributed by atoms with Crippen molar-refractivity contribution in [3.05, 3.63) is 22.2 Å². The van der Waals surface area contributed by atoms with E-state index in [4.69, 9.17) is 4.74 Å². The molecular formula is C16H25BrCl2N2O2. The largest absolute Gasteiger partial charge is 0.504 e. The zero-order valence-corrected chi connectivity index (χ0v) is 16.5. The Hall–Kier alpha value is -0.200. The average molecular weight is 428 g/mol. The second kappa shape index (κ2) is 9.33. The van der Waals surface area contributed by atoms with Gasteiger partial charge in [-0.3, -0.25) is 4.90 Å². The van der Waals surface area contributed by atoms with Crippen molar-refractivity contribution < 1.29 is 9.84 Å². The minimum absolute atomic E-state index is 0. The van der Waals surface area contributed by atoms with Crippen molar-refractivity contribution in [3.63, 3.8) is 0 Å². The van der Waals surface area contributed by atoms with E-state index in [1.54, 1.807) is 7.11 Å². The van der Waals surface area contributed by atoms with Crippen LogP contribution in [0.1, 0.15) is 30.9 Å². The van der Waals surface area contributed by atoms with E-state index < -0.39 is 0 Å². The van der Waals surface area contributed by atoms with Crippen LogP contribution in [0.25, 0.3) is 0 Å². The van der Waals surface area contributed by atoms with Gasteiger partial charge in [0.15, 0.2) is 11.5 Å². The predicted octanol–water partition coefficient (Wildman–Crippen LogP) is 3.75. The summed E-state index contributed by atoms with van der Waals surface area (Å²) in [6.07, 6.45) is 3.79. The highest BCUT2D eigenvalue weighted by molar-refractivity contribution is 9.10. The minimum atomic E-state index is 0. The molecule has 0 aromatic heterocycles. The molecule has 1 aliphatic heterocycles. The number of hydrogen-bond acceptors (Lipinski definition) is 4. The summed E-state index contributed by atoms with van der Waals surface area (Å²) in [5, 5.41) is 14.0. The summed E-state index contributed by atoms with van der Waals surface area (Å²) < 4.78 is 6.27. The molecule has 1 saturated carbocycles. The van der Waals surface area contributed by atoms with Crippen LogP contribution in [0.15, 0.2) is 16.6 Å². The number of halogens is 3. The number of ether oxygens (including phenoxy) is 1. The molecule has 4 nitrogen and oxygen atoms in total. The highest BCUT2D eigenvalue weighted by Crippen LogP contribution is 2.45. The minimum Gasteiger partial charge on any atom is -0.504 e. The lowest BCUT2D eigenvalue weighted by molar-refractivity contribution is 0.157. The summed E-state index contributed by atoms with van der Waals surface area (Å²) in [6.45, 7) is 4.11. The fourth-order valence-corrected chi connectivity index (χ4v) is 3.59. The Morgan fingerprint density at radius 1 is 1.30 bits per heavy atom. The van der Waals surface area contributed by atoms with Crippen molar-refractivity contribution in [2.24, 2.45) is 5.92 Å². The monoisotopic (exact) mass is 426 g/mol. The van der Waals surface area contributed by atoms with Gasteiger partial charge in [-0.1, -0.05) is 28.8 Å². The van der Waals surface area contributed by atoms with E-state index in [0.717, 1.165) is 48.6 Å². The van der Waals surface area contributed by atoms with Crippen LogP contribution in [0, 0.1) is 5.92 Å². The summed E-state index contributed by atoms with van der Waals surface area (Å²) in [6, 6.07) is 4.16. The maximum atomic E-state index is 10.6. The van der Waals surface area contributed by atoms with E-state index in [1.807, 2.05) is 12.1 Å². The zero-order valence-electron chi connectivity index (χ0n) is 13.3. The van der Waals surface area contributed by atoms with Gasteiger partial charge in [0, 0.05) is 42.3 Å². The highest BCUT2D eigenvalue weighted by atomic mass is 79.9. The van der Waals surface area contributed by atoms with Crippen molar-refractivity contribution in [1.29, 1.82) is 0 Å². The van der Waals surface area contributed by atoms with Crippen LogP contribution in [0.2, 0.25) is 0 Å². The van der Waals surface area contributed by atoms with E-state index in [-0.39, 0.29) is 30.9 Å². The number of aromatic hydroxyl groups is 1. The van der Waals surface area contributed by atoms with Gasteiger partial charge in [0.25, 0.3) is 0 Å². The zero-order chi connectivity index (χ0) is 14.8. The molecule has 1 heterocycles. The molecule has 0 bridgehead atoms. The average Bonchev–Trinajstić information content (AvgIpc) is 3.32. The molecule has 1 aromatic rings. The fourth-order valence-electron chi connectivity index (χ4n) is 3.14. The summed E-state index contributed by atoms with van der Waals surface area (Å²) >= 11 is 3.54. The molecule has 0 unspecified atom stereocenters.